The first-order valence-electron chi connectivity index (χ1n) is 33.9. The molecule has 107 heavy (non-hydrogen) atoms. The van der Waals surface area contributed by atoms with Crippen LogP contribution >= 0.6 is 22.9 Å². The van der Waals surface area contributed by atoms with Gasteiger partial charge in [-0.1, -0.05) is 243 Å². The fraction of sp³-hybridized carbons (Fsp3) is 0.221. The van der Waals surface area contributed by atoms with Gasteiger partial charge in [-0.3, -0.25) is 57.5 Å². The van der Waals surface area contributed by atoms with E-state index in [2.05, 4.69) is 27.2 Å². The maximum Gasteiger partial charge on any atom is 0.408 e. The third-order valence-electron chi connectivity index (χ3n) is 13.1. The number of carbonyl (C=O) groups excluding carboxylic acids is 13. The fourth-order valence-corrected chi connectivity index (χ4v) is 8.95. The number of esters is 2. The molecule has 21 heteroatoms. The second-order valence-electron chi connectivity index (χ2n) is 22.7. The molecule has 0 bridgehead atoms. The second kappa shape index (κ2) is 54.6. The Morgan fingerprint density at radius 3 is 1.16 bits per heavy atom. The third-order valence-corrected chi connectivity index (χ3v) is 14.2. The van der Waals surface area contributed by atoms with Crippen LogP contribution < -0.4 is 10.6 Å². The summed E-state index contributed by atoms with van der Waals surface area (Å²) in [5, 5.41) is 15.2. The molecule has 558 valence electrons. The average Bonchev–Trinajstić information content (AvgIpc) is 1.11. The number of alkyl carbamates (subject to hydrolysis) is 1. The largest absolute Gasteiger partial charge is 0.466 e. The fourth-order valence-electron chi connectivity index (χ4n) is 8.08. The number of rotatable bonds is 24. The Bertz CT molecular complexity index is 4180. The number of hydrogen-bond donors (Lipinski definition) is 3. The standard InChI is InChI=1S/C14H10O2.C13H17NO3.C12H14O3.C11H12O3.C10H11NO2.C10H8O.C9H9ClO.C7H8O2S/c15-13(11-7-3-1-4-8-11)14(16)12-9-5-2-6-10-12;1-13(2,3)17-12(16)14-9-11(15)10-7-5-4-6-8-10;1-2-15-12(14)9-8-11(13)10-6-4-3-5-7-10;1-2-14-11(13)8-10(12)9-6-4-3-5-7-9;1-2-11-10(13)9(12)8-6-4-3-5-7-8;1-9(11)7-8-10-5-3-2-4-6-10;10-7-6-9(11)8-4-2-1-3-5-8;8-4-3-6(9)7-2-1-5-10-7/h1-10H;4-8H,9H2,1-3H3,(H,14,16);3-7H,2,8-9H2,1H3;3-7H,2,8H2,1H3;3-7H,2H2,1H3,(H,11,13);2-6H,1H3;1-5H,6-7H2;1-2,5,8H,3-4H2. The van der Waals surface area contributed by atoms with Crippen molar-refractivity contribution < 1.29 is 81.6 Å². The molecule has 19 nitrogen and oxygen atoms in total. The number of aliphatic hydroxyl groups excluding tert-OH is 1. The number of alkyl halides is 1. The number of aliphatic hydroxyl groups is 1. The van der Waals surface area contributed by atoms with Crippen LogP contribution in [-0.2, 0) is 33.4 Å². The van der Waals surface area contributed by atoms with Gasteiger partial charge in [-0.2, -0.15) is 0 Å². The normalized spacial score (nSPS) is 9.62. The van der Waals surface area contributed by atoms with Crippen molar-refractivity contribution in [2.24, 2.45) is 0 Å². The van der Waals surface area contributed by atoms with Gasteiger partial charge in [-0.15, -0.1) is 22.9 Å². The molecule has 0 fully saturated rings. The average molecular weight is 1490 g/mol. The van der Waals surface area contributed by atoms with Crippen LogP contribution in [0.25, 0.3) is 0 Å². The number of hydrogen-bond acceptors (Lipinski definition) is 18. The molecule has 0 saturated heterocycles. The molecular formula is C86H89ClN2O17S. The molecule has 0 aliphatic carbocycles. The summed E-state index contributed by atoms with van der Waals surface area (Å²) in [5.41, 5.74) is 4.10. The number of amides is 2. The molecule has 2 amide bonds. The molecule has 1 heterocycles. The van der Waals surface area contributed by atoms with Crippen LogP contribution in [0, 0.1) is 11.8 Å². The van der Waals surface area contributed by atoms with E-state index in [1.54, 1.807) is 211 Å². The van der Waals surface area contributed by atoms with Crippen molar-refractivity contribution in [2.45, 2.75) is 86.2 Å². The van der Waals surface area contributed by atoms with Gasteiger partial charge in [0.15, 0.2) is 28.9 Å². The van der Waals surface area contributed by atoms with Crippen molar-refractivity contribution in [1.29, 1.82) is 0 Å². The Kier molecular flexibility index (Phi) is 46.5. The molecule has 3 N–H and O–H groups in total. The van der Waals surface area contributed by atoms with E-state index >= 15 is 0 Å². The highest BCUT2D eigenvalue weighted by Gasteiger charge is 2.19. The van der Waals surface area contributed by atoms with Crippen molar-refractivity contribution in [3.63, 3.8) is 0 Å². The highest BCUT2D eigenvalue weighted by atomic mass is 35.5. The van der Waals surface area contributed by atoms with Gasteiger partial charge in [0.2, 0.25) is 23.1 Å². The van der Waals surface area contributed by atoms with Crippen LogP contribution in [0.3, 0.4) is 0 Å². The highest BCUT2D eigenvalue weighted by Crippen LogP contribution is 2.13. The molecule has 1 aromatic heterocycles. The van der Waals surface area contributed by atoms with Crippen LogP contribution in [0.5, 0.6) is 0 Å². The Hall–Kier alpha value is -12.0. The first kappa shape index (κ1) is 91.1. The minimum atomic E-state index is -0.582. The van der Waals surface area contributed by atoms with E-state index in [-0.39, 0.29) is 79.5 Å². The number of thiophene rings is 1. The molecule has 0 unspecified atom stereocenters. The zero-order valence-electron chi connectivity index (χ0n) is 60.9. The number of halogens is 1. The van der Waals surface area contributed by atoms with E-state index in [0.29, 0.717) is 65.4 Å². The van der Waals surface area contributed by atoms with E-state index in [1.165, 1.54) is 18.3 Å². The topological polar surface area (TPSA) is 294 Å². The number of benzene rings is 8. The third kappa shape index (κ3) is 41.8. The van der Waals surface area contributed by atoms with E-state index < -0.39 is 40.9 Å². The Morgan fingerprint density at radius 2 is 0.794 bits per heavy atom. The van der Waals surface area contributed by atoms with Crippen LogP contribution in [-0.4, -0.2) is 125 Å². The predicted octanol–water partition coefficient (Wildman–Crippen LogP) is 15.6. The van der Waals surface area contributed by atoms with Gasteiger partial charge in [0.1, 0.15) is 12.0 Å². The zero-order chi connectivity index (χ0) is 79.0. The molecular weight excluding hydrogens is 1400 g/mol. The summed E-state index contributed by atoms with van der Waals surface area (Å²) in [7, 11) is 0. The van der Waals surface area contributed by atoms with Crippen LogP contribution in [0.2, 0.25) is 0 Å². The molecule has 0 saturated carbocycles. The lowest BCUT2D eigenvalue weighted by molar-refractivity contribution is -0.143. The number of Topliss-reactive ketones (excluding diaryl/α,β-unsaturated/α-hetero) is 9. The van der Waals surface area contributed by atoms with Crippen LogP contribution in [0.15, 0.2) is 260 Å². The van der Waals surface area contributed by atoms with E-state index in [4.69, 9.17) is 26.2 Å². The summed E-state index contributed by atoms with van der Waals surface area (Å²) in [5.74, 6) is 2.53. The molecule has 8 aromatic carbocycles. The van der Waals surface area contributed by atoms with Gasteiger partial charge in [0.05, 0.1) is 37.7 Å². The van der Waals surface area contributed by atoms with E-state index in [0.717, 1.165) is 16.0 Å². The number of likely N-dealkylation sites (N-methyl/N-ethyl adjacent to an activating group) is 1. The Morgan fingerprint density at radius 1 is 0.421 bits per heavy atom. The smallest absolute Gasteiger partial charge is 0.408 e. The summed E-state index contributed by atoms with van der Waals surface area (Å²) in [6, 6.07) is 74.3. The van der Waals surface area contributed by atoms with Crippen molar-refractivity contribution in [1.82, 2.24) is 10.6 Å². The second-order valence-corrected chi connectivity index (χ2v) is 24.1. The molecule has 0 atom stereocenters. The minimum absolute atomic E-state index is 0.0244. The molecule has 0 aliphatic rings. The van der Waals surface area contributed by atoms with Crippen LogP contribution in [0.1, 0.15) is 168 Å². The highest BCUT2D eigenvalue weighted by molar-refractivity contribution is 7.12. The SMILES string of the molecule is CC(=O)C#Cc1ccccc1.CC(C)(C)OC(=O)NCC(=O)c1ccccc1.CCNC(=O)C(=O)c1ccccc1.CCOC(=O)CC(=O)c1ccccc1.CCOC(=O)CCC(=O)c1ccccc1.O=C(C(=O)c1ccccc1)c1ccccc1.O=C(CCCl)c1ccccc1.O=C(CCO)c1cccs1. The van der Waals surface area contributed by atoms with Gasteiger partial charge >= 0.3 is 18.0 Å². The molecule has 0 spiro atoms. The van der Waals surface area contributed by atoms with Crippen molar-refractivity contribution in [3.8, 4) is 11.8 Å². The van der Waals surface area contributed by atoms with E-state index in [9.17, 15) is 62.3 Å². The molecule has 9 rings (SSSR count). The maximum absolute atomic E-state index is 11.8. The Labute approximate surface area is 634 Å². The van der Waals surface area contributed by atoms with Gasteiger partial charge in [0.25, 0.3) is 5.91 Å². The summed E-state index contributed by atoms with van der Waals surface area (Å²) in [6.07, 6.45) is 0.260. The van der Waals surface area contributed by atoms with Gasteiger partial charge < -0.3 is 30.0 Å². The first-order chi connectivity index (χ1) is 51.4. The number of nitrogens with one attached hydrogen (secondary N) is 2. The maximum atomic E-state index is 11.8. The summed E-state index contributed by atoms with van der Waals surface area (Å²) in [4.78, 5) is 147. The summed E-state index contributed by atoms with van der Waals surface area (Å²) >= 11 is 6.84. The molecule has 0 radical (unpaired) electrons. The monoisotopic (exact) mass is 1490 g/mol. The van der Waals surface area contributed by atoms with Crippen molar-refractivity contribution in [3.05, 3.63) is 310 Å². The van der Waals surface area contributed by atoms with Crippen LogP contribution in [0.4, 0.5) is 4.79 Å². The van der Waals surface area contributed by atoms with Gasteiger partial charge in [-0.25, -0.2) is 4.79 Å². The van der Waals surface area contributed by atoms with Crippen molar-refractivity contribution >= 4 is 98.9 Å². The summed E-state index contributed by atoms with van der Waals surface area (Å²) in [6.45, 7) is 13.0. The lowest BCUT2D eigenvalue weighted by Crippen LogP contribution is -2.35. The zero-order valence-corrected chi connectivity index (χ0v) is 62.4. The minimum Gasteiger partial charge on any atom is -0.466 e. The van der Waals surface area contributed by atoms with E-state index in [1.807, 2.05) is 90.3 Å². The summed E-state index contributed by atoms with van der Waals surface area (Å²) < 4.78 is 14.4. The molecule has 9 aromatic rings. The van der Waals surface area contributed by atoms with Crippen molar-refractivity contribution in [2.75, 3.05) is 38.8 Å². The van der Waals surface area contributed by atoms with Gasteiger partial charge in [0, 0.05) is 83.1 Å². The number of ether oxygens (including phenoxy) is 3. The number of ketones is 9. The first-order valence-corrected chi connectivity index (χ1v) is 35.3. The lowest BCUT2D eigenvalue weighted by Gasteiger charge is -2.19. The van der Waals surface area contributed by atoms with Gasteiger partial charge in [-0.05, 0) is 71.0 Å². The Balaban J connectivity index is 0.000000418. The molecule has 0 aliphatic heterocycles. The lowest BCUT2D eigenvalue weighted by atomic mass is 10.0. The quantitative estimate of drug-likeness (QED) is 0.00963. The predicted molar refractivity (Wildman–Crippen MR) is 415 cm³/mol. The number of carbonyl (C=O) groups is 13.